The van der Waals surface area contributed by atoms with Gasteiger partial charge < -0.3 is 5.32 Å². The Bertz CT molecular complexity index is 629. The molecule has 0 fully saturated rings. The van der Waals surface area contributed by atoms with Crippen molar-refractivity contribution in [1.82, 2.24) is 0 Å². The summed E-state index contributed by atoms with van der Waals surface area (Å²) in [4.78, 5) is 10.3. The van der Waals surface area contributed by atoms with Crippen LogP contribution in [0.15, 0.2) is 42.5 Å². The lowest BCUT2D eigenvalue weighted by molar-refractivity contribution is -0.384. The Balaban J connectivity index is 2.00. The van der Waals surface area contributed by atoms with E-state index < -0.39 is 4.92 Å². The fourth-order valence-corrected chi connectivity index (χ4v) is 1.95. The zero-order valence-corrected chi connectivity index (χ0v) is 11.1. The molecule has 0 aliphatic carbocycles. The highest BCUT2D eigenvalue weighted by atomic mass is 19.1. The van der Waals surface area contributed by atoms with E-state index in [2.05, 4.69) is 5.32 Å². The number of anilines is 1. The largest absolute Gasteiger partial charge is 0.384 e. The van der Waals surface area contributed by atoms with E-state index in [-0.39, 0.29) is 11.5 Å². The van der Waals surface area contributed by atoms with Gasteiger partial charge >= 0.3 is 0 Å². The van der Waals surface area contributed by atoms with Crippen LogP contribution in [0.4, 0.5) is 15.8 Å². The smallest absolute Gasteiger partial charge is 0.271 e. The predicted molar refractivity (Wildman–Crippen MR) is 76.4 cm³/mol. The van der Waals surface area contributed by atoms with Gasteiger partial charge in [0, 0.05) is 24.4 Å². The average molecular weight is 274 g/mol. The van der Waals surface area contributed by atoms with Crippen molar-refractivity contribution >= 4 is 11.4 Å². The molecule has 0 aliphatic rings. The average Bonchev–Trinajstić information content (AvgIpc) is 2.40. The molecule has 2 aromatic carbocycles. The van der Waals surface area contributed by atoms with E-state index >= 15 is 0 Å². The van der Waals surface area contributed by atoms with Gasteiger partial charge in [-0.1, -0.05) is 18.2 Å². The van der Waals surface area contributed by atoms with Gasteiger partial charge in [-0.15, -0.1) is 0 Å². The molecule has 0 bridgehead atoms. The number of nitro groups is 1. The van der Waals surface area contributed by atoms with E-state index in [4.69, 9.17) is 0 Å². The van der Waals surface area contributed by atoms with Crippen molar-refractivity contribution < 1.29 is 9.31 Å². The van der Waals surface area contributed by atoms with Crippen LogP contribution in [0.25, 0.3) is 0 Å². The summed E-state index contributed by atoms with van der Waals surface area (Å²) in [6.07, 6.45) is 0.653. The number of nitrogens with zero attached hydrogens (tertiary/aromatic N) is 1. The topological polar surface area (TPSA) is 55.2 Å². The normalized spacial score (nSPS) is 10.3. The lowest BCUT2D eigenvalue weighted by Gasteiger charge is -2.09. The lowest BCUT2D eigenvalue weighted by atomic mass is 10.1. The standard InChI is InChI=1S/C15H15FN2O2/c1-11-5-6-14(18(19)20)10-15(11)17-8-7-12-3-2-4-13(16)9-12/h2-6,9-10,17H,7-8H2,1H3. The minimum Gasteiger partial charge on any atom is -0.384 e. The predicted octanol–water partition coefficient (Wildman–Crippen LogP) is 3.70. The molecule has 2 rings (SSSR count). The molecule has 0 amide bonds. The van der Waals surface area contributed by atoms with Gasteiger partial charge in [-0.25, -0.2) is 4.39 Å². The van der Waals surface area contributed by atoms with Gasteiger partial charge in [-0.05, 0) is 36.6 Å². The number of aryl methyl sites for hydroxylation is 1. The summed E-state index contributed by atoms with van der Waals surface area (Å²) in [6, 6.07) is 11.1. The SMILES string of the molecule is Cc1ccc([N+](=O)[O-])cc1NCCc1cccc(F)c1. The molecule has 104 valence electrons. The molecule has 0 heterocycles. The molecule has 2 aromatic rings. The van der Waals surface area contributed by atoms with E-state index in [1.165, 1.54) is 24.3 Å². The third-order valence-electron chi connectivity index (χ3n) is 3.05. The molecule has 0 atom stereocenters. The highest BCUT2D eigenvalue weighted by Crippen LogP contribution is 2.21. The quantitative estimate of drug-likeness (QED) is 0.668. The van der Waals surface area contributed by atoms with Gasteiger partial charge in [-0.3, -0.25) is 10.1 Å². The van der Waals surface area contributed by atoms with Crippen molar-refractivity contribution in [3.63, 3.8) is 0 Å². The summed E-state index contributed by atoms with van der Waals surface area (Å²) in [6.45, 7) is 2.47. The number of rotatable bonds is 5. The highest BCUT2D eigenvalue weighted by Gasteiger charge is 2.08. The van der Waals surface area contributed by atoms with Crippen molar-refractivity contribution in [2.45, 2.75) is 13.3 Å². The molecule has 0 saturated heterocycles. The lowest BCUT2D eigenvalue weighted by Crippen LogP contribution is -2.06. The van der Waals surface area contributed by atoms with Crippen LogP contribution in [0.5, 0.6) is 0 Å². The van der Waals surface area contributed by atoms with Gasteiger partial charge in [0.15, 0.2) is 0 Å². The first-order valence-corrected chi connectivity index (χ1v) is 6.29. The summed E-state index contributed by atoms with van der Waals surface area (Å²) in [5.74, 6) is -0.256. The summed E-state index contributed by atoms with van der Waals surface area (Å²) < 4.78 is 13.0. The Morgan fingerprint density at radius 2 is 2.05 bits per heavy atom. The third-order valence-corrected chi connectivity index (χ3v) is 3.05. The first-order chi connectivity index (χ1) is 9.56. The van der Waals surface area contributed by atoms with E-state index in [0.29, 0.717) is 13.0 Å². The fourth-order valence-electron chi connectivity index (χ4n) is 1.95. The number of nitrogens with one attached hydrogen (secondary N) is 1. The maximum Gasteiger partial charge on any atom is 0.271 e. The molecular weight excluding hydrogens is 259 g/mol. The van der Waals surface area contributed by atoms with Gasteiger partial charge in [0.2, 0.25) is 0 Å². The Morgan fingerprint density at radius 3 is 2.75 bits per heavy atom. The Labute approximate surface area is 116 Å². The molecule has 0 unspecified atom stereocenters. The molecule has 20 heavy (non-hydrogen) atoms. The summed E-state index contributed by atoms with van der Waals surface area (Å²) in [5.41, 5.74) is 2.62. The minimum absolute atomic E-state index is 0.0591. The third kappa shape index (κ3) is 3.54. The second-order valence-corrected chi connectivity index (χ2v) is 4.56. The van der Waals surface area contributed by atoms with Gasteiger partial charge in [0.05, 0.1) is 4.92 Å². The number of halogens is 1. The Hall–Kier alpha value is -2.43. The second-order valence-electron chi connectivity index (χ2n) is 4.56. The monoisotopic (exact) mass is 274 g/mol. The summed E-state index contributed by atoms with van der Waals surface area (Å²) in [5, 5.41) is 13.9. The van der Waals surface area contributed by atoms with Crippen molar-refractivity contribution in [1.29, 1.82) is 0 Å². The van der Waals surface area contributed by atoms with Crippen molar-refractivity contribution in [3.8, 4) is 0 Å². The van der Waals surface area contributed by atoms with Gasteiger partial charge in [0.1, 0.15) is 5.82 Å². The van der Waals surface area contributed by atoms with Gasteiger partial charge in [-0.2, -0.15) is 0 Å². The molecule has 0 saturated carbocycles. The zero-order chi connectivity index (χ0) is 14.5. The summed E-state index contributed by atoms with van der Waals surface area (Å²) >= 11 is 0. The van der Waals surface area contributed by atoms with Crippen LogP contribution in [0, 0.1) is 22.9 Å². The summed E-state index contributed by atoms with van der Waals surface area (Å²) in [7, 11) is 0. The van der Waals surface area contributed by atoms with Crippen molar-refractivity contribution in [3.05, 3.63) is 69.5 Å². The second kappa shape index (κ2) is 6.14. The molecule has 0 aliphatic heterocycles. The number of nitro benzene ring substituents is 1. The minimum atomic E-state index is -0.419. The molecular formula is C15H15FN2O2. The van der Waals surface area contributed by atoms with E-state index in [1.54, 1.807) is 12.1 Å². The van der Waals surface area contributed by atoms with E-state index in [9.17, 15) is 14.5 Å². The first kappa shape index (κ1) is 14.0. The van der Waals surface area contributed by atoms with Crippen LogP contribution in [-0.4, -0.2) is 11.5 Å². The molecule has 5 heteroatoms. The first-order valence-electron chi connectivity index (χ1n) is 6.29. The van der Waals surface area contributed by atoms with Crippen LogP contribution in [0.2, 0.25) is 0 Å². The van der Waals surface area contributed by atoms with Crippen LogP contribution in [-0.2, 0) is 6.42 Å². The van der Waals surface area contributed by atoms with Gasteiger partial charge in [0.25, 0.3) is 5.69 Å². The van der Waals surface area contributed by atoms with Crippen LogP contribution in [0.1, 0.15) is 11.1 Å². The Kier molecular flexibility index (Phi) is 4.30. The number of non-ortho nitro benzene ring substituents is 1. The molecule has 0 aromatic heterocycles. The highest BCUT2D eigenvalue weighted by molar-refractivity contribution is 5.56. The van der Waals surface area contributed by atoms with Crippen LogP contribution >= 0.6 is 0 Å². The van der Waals surface area contributed by atoms with Crippen molar-refractivity contribution in [2.24, 2.45) is 0 Å². The fraction of sp³-hybridized carbons (Fsp3) is 0.200. The number of benzene rings is 2. The van der Waals surface area contributed by atoms with Crippen LogP contribution < -0.4 is 5.32 Å². The molecule has 0 spiro atoms. The van der Waals surface area contributed by atoms with E-state index in [0.717, 1.165) is 16.8 Å². The van der Waals surface area contributed by atoms with E-state index in [1.807, 2.05) is 13.0 Å². The Morgan fingerprint density at radius 1 is 1.25 bits per heavy atom. The maximum atomic E-state index is 13.0. The maximum absolute atomic E-state index is 13.0. The number of hydrogen-bond acceptors (Lipinski definition) is 3. The zero-order valence-electron chi connectivity index (χ0n) is 11.1. The molecule has 4 nitrogen and oxygen atoms in total. The molecule has 1 N–H and O–H groups in total. The van der Waals surface area contributed by atoms with Crippen LogP contribution in [0.3, 0.4) is 0 Å². The van der Waals surface area contributed by atoms with Crippen molar-refractivity contribution in [2.75, 3.05) is 11.9 Å². The number of hydrogen-bond donors (Lipinski definition) is 1. The molecule has 0 radical (unpaired) electrons.